The van der Waals surface area contributed by atoms with Crippen molar-refractivity contribution in [2.75, 3.05) is 25.4 Å². The highest BCUT2D eigenvalue weighted by molar-refractivity contribution is 7.89. The van der Waals surface area contributed by atoms with Crippen LogP contribution in [0.1, 0.15) is 45.4 Å². The van der Waals surface area contributed by atoms with Crippen molar-refractivity contribution in [2.24, 2.45) is 11.7 Å². The van der Waals surface area contributed by atoms with Crippen molar-refractivity contribution in [2.45, 2.75) is 45.4 Å². The predicted molar refractivity (Wildman–Crippen MR) is 71.3 cm³/mol. The highest BCUT2D eigenvalue weighted by Gasteiger charge is 2.26. The van der Waals surface area contributed by atoms with Gasteiger partial charge >= 0.3 is 0 Å². The van der Waals surface area contributed by atoms with Gasteiger partial charge in [-0.3, -0.25) is 0 Å². The van der Waals surface area contributed by atoms with Gasteiger partial charge in [0.05, 0.1) is 5.75 Å². The highest BCUT2D eigenvalue weighted by Crippen LogP contribution is 2.25. The van der Waals surface area contributed by atoms with Crippen LogP contribution in [0.3, 0.4) is 0 Å². The molecule has 1 rings (SSSR count). The lowest BCUT2D eigenvalue weighted by Gasteiger charge is -2.26. The lowest BCUT2D eigenvalue weighted by Crippen LogP contribution is -2.39. The molecule has 0 aromatic carbocycles. The Morgan fingerprint density at radius 2 is 1.82 bits per heavy atom. The third-order valence-electron chi connectivity index (χ3n) is 3.42. The average molecular weight is 262 g/mol. The maximum Gasteiger partial charge on any atom is 0.214 e. The molecule has 1 saturated carbocycles. The van der Waals surface area contributed by atoms with Crippen LogP contribution >= 0.6 is 0 Å². The van der Waals surface area contributed by atoms with E-state index in [4.69, 9.17) is 5.73 Å². The van der Waals surface area contributed by atoms with Crippen molar-refractivity contribution < 1.29 is 8.42 Å². The van der Waals surface area contributed by atoms with E-state index < -0.39 is 10.0 Å². The molecular formula is C12H26N2O2S. The zero-order chi connectivity index (χ0) is 12.7. The van der Waals surface area contributed by atoms with Gasteiger partial charge in [-0.05, 0) is 25.2 Å². The number of nitrogens with two attached hydrogens (primary N) is 1. The molecule has 0 radical (unpaired) electrons. The second-order valence-corrected chi connectivity index (χ2v) is 6.98. The molecule has 0 spiro atoms. The van der Waals surface area contributed by atoms with Gasteiger partial charge in [-0.25, -0.2) is 12.7 Å². The smallest absolute Gasteiger partial charge is 0.214 e. The maximum absolute atomic E-state index is 12.2. The normalized spacial score (nSPS) is 18.8. The third-order valence-corrected chi connectivity index (χ3v) is 5.46. The summed E-state index contributed by atoms with van der Waals surface area (Å²) >= 11 is 0. The molecule has 1 aliphatic rings. The molecule has 2 N–H and O–H groups in total. The largest absolute Gasteiger partial charge is 0.329 e. The van der Waals surface area contributed by atoms with Crippen molar-refractivity contribution in [1.29, 1.82) is 0 Å². The Balaban J connectivity index is 2.56. The van der Waals surface area contributed by atoms with Crippen molar-refractivity contribution in [3.63, 3.8) is 0 Å². The average Bonchev–Trinajstić information content (AvgIpc) is 2.29. The van der Waals surface area contributed by atoms with Crippen LogP contribution in [0, 0.1) is 5.92 Å². The first-order valence-electron chi connectivity index (χ1n) is 6.78. The maximum atomic E-state index is 12.2. The Bertz CT molecular complexity index is 292. The van der Waals surface area contributed by atoms with Crippen LogP contribution in [0.5, 0.6) is 0 Å². The Morgan fingerprint density at radius 1 is 1.18 bits per heavy atom. The molecule has 0 saturated heterocycles. The number of hydrogen-bond donors (Lipinski definition) is 1. The number of hydrogen-bond acceptors (Lipinski definition) is 3. The molecular weight excluding hydrogens is 236 g/mol. The van der Waals surface area contributed by atoms with Crippen LogP contribution < -0.4 is 5.73 Å². The molecule has 4 nitrogen and oxygen atoms in total. The lowest BCUT2D eigenvalue weighted by molar-refractivity contribution is 0.366. The first-order valence-corrected chi connectivity index (χ1v) is 8.39. The molecule has 0 bridgehead atoms. The second kappa shape index (κ2) is 7.34. The van der Waals surface area contributed by atoms with Crippen molar-refractivity contribution in [1.82, 2.24) is 4.31 Å². The van der Waals surface area contributed by atoms with E-state index in [0.717, 1.165) is 19.3 Å². The Hall–Kier alpha value is -0.130. The van der Waals surface area contributed by atoms with E-state index in [9.17, 15) is 8.42 Å². The number of nitrogens with zero attached hydrogens (tertiary/aromatic N) is 1. The molecule has 0 aromatic heterocycles. The zero-order valence-electron chi connectivity index (χ0n) is 10.9. The van der Waals surface area contributed by atoms with Gasteiger partial charge in [0.15, 0.2) is 0 Å². The summed E-state index contributed by atoms with van der Waals surface area (Å²) in [5, 5.41) is 0. The van der Waals surface area contributed by atoms with E-state index in [-0.39, 0.29) is 0 Å². The van der Waals surface area contributed by atoms with Crippen molar-refractivity contribution in [3.05, 3.63) is 0 Å². The van der Waals surface area contributed by atoms with Crippen molar-refractivity contribution >= 4 is 10.0 Å². The molecule has 0 amide bonds. The molecule has 0 heterocycles. The Kier molecular flexibility index (Phi) is 6.44. The second-order valence-electron chi connectivity index (χ2n) is 4.97. The van der Waals surface area contributed by atoms with Gasteiger partial charge in [-0.2, -0.15) is 0 Å². The SMILES string of the molecule is CCCN(CCN)S(=O)(=O)CC1CCCCC1. The Morgan fingerprint density at radius 3 is 2.35 bits per heavy atom. The molecule has 1 fully saturated rings. The van der Waals surface area contributed by atoms with Gasteiger partial charge in [0.25, 0.3) is 0 Å². The van der Waals surface area contributed by atoms with Gasteiger partial charge in [0.2, 0.25) is 10.0 Å². The van der Waals surface area contributed by atoms with Gasteiger partial charge in [0.1, 0.15) is 0 Å². The van der Waals surface area contributed by atoms with Crippen LogP contribution in [0.15, 0.2) is 0 Å². The summed E-state index contributed by atoms with van der Waals surface area (Å²) in [6.45, 7) is 3.47. The van der Waals surface area contributed by atoms with Crippen molar-refractivity contribution in [3.8, 4) is 0 Å². The van der Waals surface area contributed by atoms with E-state index in [2.05, 4.69) is 0 Å². The van der Waals surface area contributed by atoms with E-state index in [1.807, 2.05) is 6.92 Å². The van der Waals surface area contributed by atoms with Crippen LogP contribution in [0.2, 0.25) is 0 Å². The fourth-order valence-corrected chi connectivity index (χ4v) is 4.52. The monoisotopic (exact) mass is 262 g/mol. The summed E-state index contributed by atoms with van der Waals surface area (Å²) in [5.74, 6) is 0.693. The minimum atomic E-state index is -3.09. The summed E-state index contributed by atoms with van der Waals surface area (Å²) in [6.07, 6.45) is 6.63. The quantitative estimate of drug-likeness (QED) is 0.757. The topological polar surface area (TPSA) is 63.4 Å². The minimum absolute atomic E-state index is 0.326. The summed E-state index contributed by atoms with van der Waals surface area (Å²) in [5.41, 5.74) is 5.48. The number of rotatable bonds is 7. The molecule has 17 heavy (non-hydrogen) atoms. The van der Waals surface area contributed by atoms with E-state index in [1.165, 1.54) is 19.3 Å². The molecule has 102 valence electrons. The molecule has 5 heteroatoms. The molecule has 0 unspecified atom stereocenters. The minimum Gasteiger partial charge on any atom is -0.329 e. The Labute approximate surface area is 106 Å². The highest BCUT2D eigenvalue weighted by atomic mass is 32.2. The fraction of sp³-hybridized carbons (Fsp3) is 1.00. The van der Waals surface area contributed by atoms with Crippen LogP contribution in [-0.4, -0.2) is 38.1 Å². The van der Waals surface area contributed by atoms with Crippen LogP contribution in [0.4, 0.5) is 0 Å². The third kappa shape index (κ3) is 4.94. The van der Waals surface area contributed by atoms with Gasteiger partial charge in [-0.15, -0.1) is 0 Å². The summed E-state index contributed by atoms with van der Waals surface area (Å²) in [4.78, 5) is 0. The molecule has 0 aliphatic heterocycles. The first-order chi connectivity index (χ1) is 8.10. The summed E-state index contributed by atoms with van der Waals surface area (Å²) in [6, 6.07) is 0. The summed E-state index contributed by atoms with van der Waals surface area (Å²) in [7, 11) is -3.09. The van der Waals surface area contributed by atoms with Gasteiger partial charge in [0, 0.05) is 19.6 Å². The van der Waals surface area contributed by atoms with E-state index >= 15 is 0 Å². The zero-order valence-corrected chi connectivity index (χ0v) is 11.7. The predicted octanol–water partition coefficient (Wildman–Crippen LogP) is 1.57. The van der Waals surface area contributed by atoms with E-state index in [0.29, 0.717) is 31.3 Å². The number of sulfonamides is 1. The van der Waals surface area contributed by atoms with E-state index in [1.54, 1.807) is 4.31 Å². The molecule has 0 aromatic rings. The van der Waals surface area contributed by atoms with Gasteiger partial charge < -0.3 is 5.73 Å². The standard InChI is InChI=1S/C12H26N2O2S/c1-2-9-14(10-8-13)17(15,16)11-12-6-4-3-5-7-12/h12H,2-11,13H2,1H3. The van der Waals surface area contributed by atoms with Crippen LogP contribution in [-0.2, 0) is 10.0 Å². The lowest BCUT2D eigenvalue weighted by atomic mass is 9.91. The van der Waals surface area contributed by atoms with Gasteiger partial charge in [-0.1, -0.05) is 26.2 Å². The fourth-order valence-electron chi connectivity index (χ4n) is 2.54. The molecule has 0 atom stereocenters. The first kappa shape index (κ1) is 14.9. The molecule has 1 aliphatic carbocycles. The van der Waals surface area contributed by atoms with Crippen LogP contribution in [0.25, 0.3) is 0 Å². The summed E-state index contributed by atoms with van der Waals surface area (Å²) < 4.78 is 26.1.